The summed E-state index contributed by atoms with van der Waals surface area (Å²) in [6.07, 6.45) is 0. The van der Waals surface area contributed by atoms with E-state index in [-0.39, 0.29) is 0 Å². The molecule has 1 aromatic carbocycles. The largest absolute Gasteiger partial charge is 0.467 e. The maximum Gasteiger partial charge on any atom is 0.189 e. The van der Waals surface area contributed by atoms with Gasteiger partial charge in [0.1, 0.15) is 5.75 Å². The molecule has 0 radical (unpaired) electrons. The van der Waals surface area contributed by atoms with Crippen LogP contribution in [0, 0.1) is 0 Å². The molecule has 0 unspecified atom stereocenters. The Kier molecular flexibility index (Phi) is 2.91. The van der Waals surface area contributed by atoms with Crippen molar-refractivity contribution in [2.45, 2.75) is 13.2 Å². The summed E-state index contributed by atoms with van der Waals surface area (Å²) in [5, 5.41) is 3.84. The molecule has 4 heteroatoms. The Morgan fingerprint density at radius 2 is 2.36 bits per heavy atom. The van der Waals surface area contributed by atoms with E-state index in [0.29, 0.717) is 13.4 Å². The quantitative estimate of drug-likeness (QED) is 0.815. The molecule has 14 heavy (non-hydrogen) atoms. The molecular formula is C10H12ClNO2. The molecule has 0 spiro atoms. The first-order chi connectivity index (χ1) is 6.83. The normalized spacial score (nSPS) is 14.7. The second-order valence-electron chi connectivity index (χ2n) is 3.14. The molecule has 0 atom stereocenters. The predicted octanol–water partition coefficient (Wildman–Crippen LogP) is 1.93. The van der Waals surface area contributed by atoms with E-state index in [1.165, 1.54) is 0 Å². The summed E-state index contributed by atoms with van der Waals surface area (Å²) in [6.45, 7) is 1.63. The summed E-state index contributed by atoms with van der Waals surface area (Å²) < 4.78 is 10.6. The van der Waals surface area contributed by atoms with E-state index < -0.39 is 0 Å². The van der Waals surface area contributed by atoms with Gasteiger partial charge in [0.2, 0.25) is 0 Å². The summed E-state index contributed by atoms with van der Waals surface area (Å²) in [4.78, 5) is 0. The van der Waals surface area contributed by atoms with Crippen LogP contribution in [0.3, 0.4) is 0 Å². The fourth-order valence-electron chi connectivity index (χ4n) is 1.55. The molecule has 3 nitrogen and oxygen atoms in total. The van der Waals surface area contributed by atoms with Crippen LogP contribution in [0.1, 0.15) is 11.1 Å². The second-order valence-corrected chi connectivity index (χ2v) is 3.55. The van der Waals surface area contributed by atoms with Gasteiger partial charge in [-0.2, -0.15) is 0 Å². The topological polar surface area (TPSA) is 30.5 Å². The minimum atomic E-state index is 0.327. The van der Waals surface area contributed by atoms with Gasteiger partial charge in [0, 0.05) is 17.1 Å². The maximum absolute atomic E-state index is 6.09. The van der Waals surface area contributed by atoms with Gasteiger partial charge in [-0.05, 0) is 24.7 Å². The zero-order valence-electron chi connectivity index (χ0n) is 7.97. The van der Waals surface area contributed by atoms with Gasteiger partial charge in [0.05, 0.1) is 6.61 Å². The highest BCUT2D eigenvalue weighted by molar-refractivity contribution is 6.31. The molecule has 0 saturated carbocycles. The molecule has 0 aliphatic carbocycles. The molecule has 1 aliphatic heterocycles. The molecule has 2 rings (SSSR count). The van der Waals surface area contributed by atoms with Crippen LogP contribution in [0.15, 0.2) is 12.1 Å². The molecule has 1 aliphatic rings. The molecule has 1 N–H and O–H groups in total. The number of hydrogen-bond donors (Lipinski definition) is 1. The van der Waals surface area contributed by atoms with E-state index >= 15 is 0 Å². The first kappa shape index (κ1) is 9.77. The number of fused-ring (bicyclic) bond motifs is 1. The van der Waals surface area contributed by atoms with Crippen molar-refractivity contribution in [1.82, 2.24) is 5.32 Å². The highest BCUT2D eigenvalue weighted by Gasteiger charge is 2.16. The minimum Gasteiger partial charge on any atom is -0.467 e. The average molecular weight is 214 g/mol. The Balaban J connectivity index is 2.43. The van der Waals surface area contributed by atoms with Crippen molar-refractivity contribution >= 4 is 11.6 Å². The van der Waals surface area contributed by atoms with Crippen molar-refractivity contribution in [2.24, 2.45) is 0 Å². The number of halogens is 1. The first-order valence-corrected chi connectivity index (χ1v) is 4.86. The van der Waals surface area contributed by atoms with Crippen LogP contribution in [0.2, 0.25) is 5.02 Å². The summed E-state index contributed by atoms with van der Waals surface area (Å²) in [5.41, 5.74) is 2.12. The van der Waals surface area contributed by atoms with Gasteiger partial charge in [0.25, 0.3) is 0 Å². The predicted molar refractivity (Wildman–Crippen MR) is 54.5 cm³/mol. The van der Waals surface area contributed by atoms with Crippen molar-refractivity contribution < 1.29 is 9.47 Å². The van der Waals surface area contributed by atoms with Crippen molar-refractivity contribution in [3.63, 3.8) is 0 Å². The molecule has 0 aromatic heterocycles. The summed E-state index contributed by atoms with van der Waals surface area (Å²) >= 11 is 6.09. The van der Waals surface area contributed by atoms with Crippen LogP contribution >= 0.6 is 11.6 Å². The molecule has 0 amide bonds. The summed E-state index contributed by atoms with van der Waals surface area (Å²) in [7, 11) is 1.89. The zero-order valence-corrected chi connectivity index (χ0v) is 8.73. The first-order valence-electron chi connectivity index (χ1n) is 4.48. The molecule has 0 bridgehead atoms. The van der Waals surface area contributed by atoms with E-state index in [4.69, 9.17) is 21.1 Å². The SMILES string of the molecule is CNCc1c(Cl)ccc2c1COCO2. The zero-order chi connectivity index (χ0) is 9.97. The van der Waals surface area contributed by atoms with Crippen molar-refractivity contribution in [3.05, 3.63) is 28.3 Å². The number of hydrogen-bond acceptors (Lipinski definition) is 3. The summed E-state index contributed by atoms with van der Waals surface area (Å²) in [5.74, 6) is 0.880. The van der Waals surface area contributed by atoms with Crippen LogP contribution in [0.25, 0.3) is 0 Å². The second kappa shape index (κ2) is 4.17. The highest BCUT2D eigenvalue weighted by atomic mass is 35.5. The van der Waals surface area contributed by atoms with Gasteiger partial charge in [-0.3, -0.25) is 0 Å². The average Bonchev–Trinajstić information content (AvgIpc) is 2.23. The smallest absolute Gasteiger partial charge is 0.189 e. The minimum absolute atomic E-state index is 0.327. The van der Waals surface area contributed by atoms with Gasteiger partial charge in [0.15, 0.2) is 6.79 Å². The van der Waals surface area contributed by atoms with Gasteiger partial charge < -0.3 is 14.8 Å². The van der Waals surface area contributed by atoms with Crippen LogP contribution < -0.4 is 10.1 Å². The Morgan fingerprint density at radius 3 is 3.14 bits per heavy atom. The third-order valence-corrected chi connectivity index (χ3v) is 2.58. The third-order valence-electron chi connectivity index (χ3n) is 2.23. The van der Waals surface area contributed by atoms with Gasteiger partial charge in [-0.15, -0.1) is 0 Å². The maximum atomic E-state index is 6.09. The Morgan fingerprint density at radius 1 is 1.50 bits per heavy atom. The van der Waals surface area contributed by atoms with Crippen LogP contribution in [-0.4, -0.2) is 13.8 Å². The number of nitrogens with one attached hydrogen (secondary N) is 1. The van der Waals surface area contributed by atoms with Crippen LogP contribution in [0.5, 0.6) is 5.75 Å². The molecule has 76 valence electrons. The fourth-order valence-corrected chi connectivity index (χ4v) is 1.80. The number of ether oxygens (including phenoxy) is 2. The lowest BCUT2D eigenvalue weighted by Gasteiger charge is -2.21. The summed E-state index contributed by atoms with van der Waals surface area (Å²) in [6, 6.07) is 3.75. The Labute approximate surface area is 88.0 Å². The van der Waals surface area contributed by atoms with Gasteiger partial charge in [-0.1, -0.05) is 11.6 Å². The standard InChI is InChI=1S/C10H12ClNO2/c1-12-4-7-8-5-13-6-14-10(8)3-2-9(7)11/h2-3,12H,4-6H2,1H3. The van der Waals surface area contributed by atoms with E-state index in [9.17, 15) is 0 Å². The highest BCUT2D eigenvalue weighted by Crippen LogP contribution is 2.31. The monoisotopic (exact) mass is 213 g/mol. The molecule has 1 heterocycles. The van der Waals surface area contributed by atoms with Crippen molar-refractivity contribution in [1.29, 1.82) is 0 Å². The molecule has 0 fully saturated rings. The molecule has 1 aromatic rings. The lowest BCUT2D eigenvalue weighted by Crippen LogP contribution is -2.16. The molecular weight excluding hydrogens is 202 g/mol. The van der Waals surface area contributed by atoms with Gasteiger partial charge >= 0.3 is 0 Å². The van der Waals surface area contributed by atoms with E-state index in [1.807, 2.05) is 19.2 Å². The van der Waals surface area contributed by atoms with E-state index in [2.05, 4.69) is 5.32 Å². The van der Waals surface area contributed by atoms with E-state index in [1.54, 1.807) is 0 Å². The van der Waals surface area contributed by atoms with Crippen LogP contribution in [0.4, 0.5) is 0 Å². The lowest BCUT2D eigenvalue weighted by atomic mass is 10.1. The lowest BCUT2D eigenvalue weighted by molar-refractivity contribution is -0.0168. The fraction of sp³-hybridized carbons (Fsp3) is 0.400. The Hall–Kier alpha value is -0.770. The van der Waals surface area contributed by atoms with Crippen molar-refractivity contribution in [2.75, 3.05) is 13.8 Å². The number of benzene rings is 1. The molecule has 0 saturated heterocycles. The van der Waals surface area contributed by atoms with Crippen molar-refractivity contribution in [3.8, 4) is 5.75 Å². The number of rotatable bonds is 2. The van der Waals surface area contributed by atoms with E-state index in [0.717, 1.165) is 28.4 Å². The third kappa shape index (κ3) is 1.71. The Bertz CT molecular complexity index is 341. The van der Waals surface area contributed by atoms with Crippen LogP contribution in [-0.2, 0) is 17.9 Å². The van der Waals surface area contributed by atoms with Gasteiger partial charge in [-0.25, -0.2) is 0 Å².